The molecule has 1 aliphatic carbocycles. The molecule has 0 spiro atoms. The Hall–Kier alpha value is -1.77. The molecule has 2 rings (SSSR count). The van der Waals surface area contributed by atoms with Gasteiger partial charge in [0.1, 0.15) is 11.6 Å². The van der Waals surface area contributed by atoms with Gasteiger partial charge in [-0.05, 0) is 73.5 Å². The average Bonchev–Trinajstić information content (AvgIpc) is 2.74. The molecule has 0 amide bonds. The molecule has 0 aromatic heterocycles. The van der Waals surface area contributed by atoms with Crippen molar-refractivity contribution < 1.29 is 14.4 Å². The maximum Gasteiger partial charge on any atom is 0.163 e. The van der Waals surface area contributed by atoms with Gasteiger partial charge in [0, 0.05) is 17.9 Å². The molecular weight excluding hydrogens is 432 g/mol. The molecule has 0 heterocycles. The van der Waals surface area contributed by atoms with Crippen molar-refractivity contribution in [1.29, 1.82) is 0 Å². The van der Waals surface area contributed by atoms with Crippen LogP contribution in [-0.4, -0.2) is 17.3 Å². The van der Waals surface area contributed by atoms with Gasteiger partial charge in [0.25, 0.3) is 0 Å². The smallest absolute Gasteiger partial charge is 0.163 e. The van der Waals surface area contributed by atoms with Crippen LogP contribution in [-0.2, 0) is 21.4 Å². The predicted molar refractivity (Wildman–Crippen MR) is 148 cm³/mol. The van der Waals surface area contributed by atoms with Crippen molar-refractivity contribution in [2.45, 2.75) is 132 Å². The third kappa shape index (κ3) is 8.69. The second-order valence-electron chi connectivity index (χ2n) is 11.5. The fraction of sp³-hybridized carbons (Fsp3) is 0.719. The zero-order valence-corrected chi connectivity index (χ0v) is 24.2. The Kier molecular flexibility index (Phi) is 13.1. The molecule has 0 fully saturated rings. The standard InChI is InChI=1S/C29H44O3.C3H8/c1-8-11-22(24(10-3)26(31)15-19(4)30)16-21-17-23-12-13-25(29(6,7)14-9-2)20(5)28(23)27(32)18-21;1-3-2/h12-13,21-22,24H,8-11,14-18H2,1-7H3;3H2,1-2H3. The second kappa shape index (κ2) is 14.7. The molecule has 3 nitrogen and oxygen atoms in total. The number of benzene rings is 1. The minimum atomic E-state index is -0.0747. The lowest BCUT2D eigenvalue weighted by Crippen LogP contribution is -2.30. The summed E-state index contributed by atoms with van der Waals surface area (Å²) >= 11 is 0. The summed E-state index contributed by atoms with van der Waals surface area (Å²) in [4.78, 5) is 37.6. The fourth-order valence-corrected chi connectivity index (χ4v) is 6.22. The van der Waals surface area contributed by atoms with Gasteiger partial charge in [-0.25, -0.2) is 0 Å². The summed E-state index contributed by atoms with van der Waals surface area (Å²) in [5.74, 6) is 0.748. The third-order valence-corrected chi connectivity index (χ3v) is 7.56. The molecule has 3 heteroatoms. The molecule has 0 aliphatic heterocycles. The number of hydrogen-bond acceptors (Lipinski definition) is 3. The number of ketones is 3. The van der Waals surface area contributed by atoms with Crippen LogP contribution in [0.4, 0.5) is 0 Å². The predicted octanol–water partition coefficient (Wildman–Crippen LogP) is 8.61. The summed E-state index contributed by atoms with van der Waals surface area (Å²) in [6.07, 6.45) is 8.65. The first kappa shape index (κ1) is 31.3. The van der Waals surface area contributed by atoms with Gasteiger partial charge in [-0.1, -0.05) is 86.3 Å². The maximum absolute atomic E-state index is 13.3. The van der Waals surface area contributed by atoms with Crippen molar-refractivity contribution in [1.82, 2.24) is 0 Å². The number of Topliss-reactive ketones (excluding diaryl/α,β-unsaturated/α-hetero) is 3. The van der Waals surface area contributed by atoms with Crippen LogP contribution in [0.25, 0.3) is 0 Å². The zero-order valence-electron chi connectivity index (χ0n) is 24.2. The number of hydrogen-bond donors (Lipinski definition) is 0. The van der Waals surface area contributed by atoms with Crippen LogP contribution in [0.3, 0.4) is 0 Å². The third-order valence-electron chi connectivity index (χ3n) is 7.56. The highest BCUT2D eigenvalue weighted by atomic mass is 16.1. The summed E-state index contributed by atoms with van der Waals surface area (Å²) in [5, 5.41) is 0. The monoisotopic (exact) mass is 484 g/mol. The van der Waals surface area contributed by atoms with E-state index in [0.29, 0.717) is 6.42 Å². The van der Waals surface area contributed by atoms with Crippen molar-refractivity contribution in [2.75, 3.05) is 0 Å². The van der Waals surface area contributed by atoms with Gasteiger partial charge in [0.05, 0.1) is 6.42 Å². The Labute approximate surface area is 215 Å². The highest BCUT2D eigenvalue weighted by molar-refractivity contribution is 6.00. The molecule has 0 radical (unpaired) electrons. The van der Waals surface area contributed by atoms with Gasteiger partial charge in [0.15, 0.2) is 5.78 Å². The lowest BCUT2D eigenvalue weighted by atomic mass is 9.70. The van der Waals surface area contributed by atoms with E-state index in [1.165, 1.54) is 24.5 Å². The van der Waals surface area contributed by atoms with E-state index in [-0.39, 0.29) is 46.9 Å². The maximum atomic E-state index is 13.3. The van der Waals surface area contributed by atoms with Crippen molar-refractivity contribution in [2.24, 2.45) is 17.8 Å². The molecule has 0 bridgehead atoms. The van der Waals surface area contributed by atoms with Gasteiger partial charge in [-0.2, -0.15) is 0 Å². The van der Waals surface area contributed by atoms with Crippen molar-refractivity contribution in [3.8, 4) is 0 Å². The Balaban J connectivity index is 0.00000194. The van der Waals surface area contributed by atoms with E-state index in [1.54, 1.807) is 0 Å². The van der Waals surface area contributed by atoms with Gasteiger partial charge in [-0.15, -0.1) is 0 Å². The van der Waals surface area contributed by atoms with Crippen LogP contribution < -0.4 is 0 Å². The van der Waals surface area contributed by atoms with Crippen LogP contribution in [0, 0.1) is 24.7 Å². The molecule has 0 N–H and O–H groups in total. The van der Waals surface area contributed by atoms with Gasteiger partial charge in [0.2, 0.25) is 0 Å². The van der Waals surface area contributed by atoms with Crippen molar-refractivity contribution in [3.63, 3.8) is 0 Å². The van der Waals surface area contributed by atoms with E-state index < -0.39 is 0 Å². The molecule has 0 saturated heterocycles. The molecule has 1 aromatic carbocycles. The fourth-order valence-electron chi connectivity index (χ4n) is 6.22. The zero-order chi connectivity index (χ0) is 26.8. The van der Waals surface area contributed by atoms with Crippen molar-refractivity contribution in [3.05, 3.63) is 34.4 Å². The Morgan fingerprint density at radius 2 is 1.66 bits per heavy atom. The largest absolute Gasteiger partial charge is 0.300 e. The first-order valence-corrected chi connectivity index (χ1v) is 14.1. The lowest BCUT2D eigenvalue weighted by molar-refractivity contribution is -0.129. The molecular formula is C32H52O3. The highest BCUT2D eigenvalue weighted by Crippen LogP contribution is 2.39. The first-order valence-electron chi connectivity index (χ1n) is 14.1. The van der Waals surface area contributed by atoms with E-state index in [2.05, 4.69) is 67.5 Å². The number of rotatable bonds is 12. The first-order chi connectivity index (χ1) is 16.5. The Bertz CT molecular complexity index is 849. The minimum absolute atomic E-state index is 0.0423. The normalized spacial score (nSPS) is 17.2. The van der Waals surface area contributed by atoms with E-state index in [1.807, 2.05) is 0 Å². The summed E-state index contributed by atoms with van der Waals surface area (Å²) in [7, 11) is 0. The molecule has 1 aliphatic rings. The molecule has 198 valence electrons. The number of carbonyl (C=O) groups is 3. The topological polar surface area (TPSA) is 51.2 Å². The molecule has 0 saturated carbocycles. The number of fused-ring (bicyclic) bond motifs is 1. The van der Waals surface area contributed by atoms with Crippen molar-refractivity contribution >= 4 is 17.3 Å². The Morgan fingerprint density at radius 1 is 1.03 bits per heavy atom. The van der Waals surface area contributed by atoms with Gasteiger partial charge in [-0.3, -0.25) is 14.4 Å². The molecule has 3 unspecified atom stereocenters. The van der Waals surface area contributed by atoms with Crippen LogP contribution >= 0.6 is 0 Å². The van der Waals surface area contributed by atoms with Gasteiger partial charge < -0.3 is 0 Å². The molecule has 1 aromatic rings. The minimum Gasteiger partial charge on any atom is -0.300 e. The summed E-state index contributed by atoms with van der Waals surface area (Å²) in [6.45, 7) is 18.8. The van der Waals surface area contributed by atoms with Crippen LogP contribution in [0.1, 0.15) is 140 Å². The summed E-state index contributed by atoms with van der Waals surface area (Å²) in [6, 6.07) is 4.43. The SMILES string of the molecule is CCC.CCCC(CC1CC(=O)c2c(ccc(C(C)(C)CCC)c2C)C1)C(CC)C(=O)CC(C)=O. The molecule has 3 atom stereocenters. The van der Waals surface area contributed by atoms with Gasteiger partial charge >= 0.3 is 0 Å². The summed E-state index contributed by atoms with van der Waals surface area (Å²) in [5.41, 5.74) is 4.67. The van der Waals surface area contributed by atoms with E-state index in [0.717, 1.165) is 56.1 Å². The van der Waals surface area contributed by atoms with E-state index >= 15 is 0 Å². The summed E-state index contributed by atoms with van der Waals surface area (Å²) < 4.78 is 0. The van der Waals surface area contributed by atoms with E-state index in [9.17, 15) is 14.4 Å². The lowest BCUT2D eigenvalue weighted by Gasteiger charge is -2.33. The average molecular weight is 485 g/mol. The Morgan fingerprint density at radius 3 is 2.17 bits per heavy atom. The van der Waals surface area contributed by atoms with E-state index in [4.69, 9.17) is 0 Å². The quantitative estimate of drug-likeness (QED) is 0.279. The highest BCUT2D eigenvalue weighted by Gasteiger charge is 2.34. The molecule has 35 heavy (non-hydrogen) atoms. The number of carbonyl (C=O) groups excluding carboxylic acids is 3. The second-order valence-corrected chi connectivity index (χ2v) is 11.5. The van der Waals surface area contributed by atoms with Crippen LogP contribution in [0.5, 0.6) is 0 Å². The van der Waals surface area contributed by atoms with Crippen LogP contribution in [0.15, 0.2) is 12.1 Å². The van der Waals surface area contributed by atoms with Crippen LogP contribution in [0.2, 0.25) is 0 Å².